The highest BCUT2D eigenvalue weighted by Crippen LogP contribution is 2.21. The number of hydrogen-bond acceptors (Lipinski definition) is 7. The lowest BCUT2D eigenvalue weighted by molar-refractivity contribution is -0.143. The van der Waals surface area contributed by atoms with Crippen LogP contribution in [0, 0.1) is 11.8 Å². The molecule has 1 fully saturated rings. The number of carbonyl (C=O) groups excluding carboxylic acids is 4. The molecule has 0 saturated carbocycles. The van der Waals surface area contributed by atoms with Gasteiger partial charge in [-0.1, -0.05) is 27.7 Å². The molecule has 0 bridgehead atoms. The molecule has 0 spiro atoms. The first-order valence-corrected chi connectivity index (χ1v) is 12.2. The van der Waals surface area contributed by atoms with Crippen LogP contribution in [-0.4, -0.2) is 87.3 Å². The third-order valence-corrected chi connectivity index (χ3v) is 6.22. The van der Waals surface area contributed by atoms with Crippen LogP contribution in [0.4, 0.5) is 0 Å². The van der Waals surface area contributed by atoms with Gasteiger partial charge in [-0.2, -0.15) is 0 Å². The molecule has 4 amide bonds. The fraction of sp³-hybridized carbons (Fsp3) is 0.560. The predicted octanol–water partition coefficient (Wildman–Crippen LogP) is -0.302. The Labute approximate surface area is 215 Å². The summed E-state index contributed by atoms with van der Waals surface area (Å²) in [5, 5.41) is 35.4. The number of amides is 4. The van der Waals surface area contributed by atoms with Crippen LogP contribution >= 0.6 is 0 Å². The predicted molar refractivity (Wildman–Crippen MR) is 132 cm³/mol. The number of aliphatic hydroxyl groups is 2. The maximum absolute atomic E-state index is 13.4. The molecule has 0 radical (unpaired) electrons. The van der Waals surface area contributed by atoms with E-state index in [1.54, 1.807) is 27.7 Å². The number of nitrogens with one attached hydrogen (secondary N) is 3. The van der Waals surface area contributed by atoms with Gasteiger partial charge < -0.3 is 36.2 Å². The van der Waals surface area contributed by atoms with E-state index in [1.807, 2.05) is 0 Å². The number of aliphatic hydroxyl groups excluding tert-OH is 1. The summed E-state index contributed by atoms with van der Waals surface area (Å²) in [6.07, 6.45) is -0.748. The number of hydrogen-bond donors (Lipinski definition) is 6. The van der Waals surface area contributed by atoms with Gasteiger partial charge in [-0.25, -0.2) is 0 Å². The molecule has 0 aliphatic carbocycles. The molecular weight excluding hydrogens is 484 g/mol. The Morgan fingerprint density at radius 1 is 0.919 bits per heavy atom. The highest BCUT2D eigenvalue weighted by molar-refractivity contribution is 6.00. The molecule has 1 aliphatic rings. The first-order valence-electron chi connectivity index (χ1n) is 12.2. The monoisotopic (exact) mass is 520 g/mol. The Morgan fingerprint density at radius 3 is 1.97 bits per heavy atom. The number of carboxylic acids is 1. The average Bonchev–Trinajstić information content (AvgIpc) is 3.33. The molecule has 12 heteroatoms. The number of rotatable bonds is 11. The van der Waals surface area contributed by atoms with E-state index < -0.39 is 60.6 Å². The van der Waals surface area contributed by atoms with Gasteiger partial charge in [-0.05, 0) is 48.9 Å². The van der Waals surface area contributed by atoms with Crippen molar-refractivity contribution in [3.8, 4) is 0 Å². The lowest BCUT2D eigenvalue weighted by Crippen LogP contribution is -2.57. The smallest absolute Gasteiger partial charge is 0.322 e. The summed E-state index contributed by atoms with van der Waals surface area (Å²) in [6, 6.07) is 2.92. The van der Waals surface area contributed by atoms with Crippen LogP contribution < -0.4 is 16.0 Å². The van der Waals surface area contributed by atoms with Crippen LogP contribution in [0.3, 0.4) is 0 Å². The maximum Gasteiger partial charge on any atom is 0.322 e. The van der Waals surface area contributed by atoms with Gasteiger partial charge in [0.25, 0.3) is 11.8 Å². The van der Waals surface area contributed by atoms with Gasteiger partial charge in [-0.15, -0.1) is 0 Å². The molecule has 1 saturated heterocycles. The van der Waals surface area contributed by atoms with Crippen LogP contribution in [0.15, 0.2) is 24.3 Å². The molecule has 12 nitrogen and oxygen atoms in total. The quantitative estimate of drug-likeness (QED) is 0.215. The van der Waals surface area contributed by atoms with Crippen molar-refractivity contribution in [3.63, 3.8) is 0 Å². The van der Waals surface area contributed by atoms with E-state index in [-0.39, 0.29) is 23.0 Å². The van der Waals surface area contributed by atoms with E-state index >= 15 is 0 Å². The van der Waals surface area contributed by atoms with Crippen molar-refractivity contribution in [3.05, 3.63) is 35.4 Å². The van der Waals surface area contributed by atoms with Gasteiger partial charge in [0, 0.05) is 17.7 Å². The number of carboxylic acid groups (broad SMARTS) is 1. The molecule has 1 aliphatic heterocycles. The van der Waals surface area contributed by atoms with Crippen LogP contribution in [-0.2, 0) is 14.4 Å². The first-order chi connectivity index (χ1) is 17.3. The zero-order valence-corrected chi connectivity index (χ0v) is 21.4. The lowest BCUT2D eigenvalue weighted by atomic mass is 10.0. The van der Waals surface area contributed by atoms with Crippen molar-refractivity contribution < 1.29 is 39.3 Å². The minimum absolute atomic E-state index is 0.174. The van der Waals surface area contributed by atoms with E-state index in [4.69, 9.17) is 5.11 Å². The molecule has 204 valence electrons. The second kappa shape index (κ2) is 13.2. The SMILES string of the molecule is CC(C)C(NC(=O)[C@@H]1CCCN1C(=O)[C@@H](NC(=O)c1ccc(C(=O)NCC(=O)O)cc1)C(C)C)C(O)O. The second-order valence-corrected chi connectivity index (χ2v) is 9.73. The minimum Gasteiger partial charge on any atom is -0.480 e. The average molecular weight is 521 g/mol. The summed E-state index contributed by atoms with van der Waals surface area (Å²) in [5.74, 6) is -3.78. The number of carbonyl (C=O) groups is 5. The summed E-state index contributed by atoms with van der Waals surface area (Å²) in [5.41, 5.74) is 0.369. The number of aliphatic carboxylic acids is 1. The molecular formula is C25H36N4O8. The Hall–Kier alpha value is -3.51. The fourth-order valence-corrected chi connectivity index (χ4v) is 4.10. The summed E-state index contributed by atoms with van der Waals surface area (Å²) in [7, 11) is 0. The van der Waals surface area contributed by atoms with Crippen LogP contribution in [0.2, 0.25) is 0 Å². The summed E-state index contributed by atoms with van der Waals surface area (Å²) in [4.78, 5) is 63.2. The van der Waals surface area contributed by atoms with Gasteiger partial charge in [0.15, 0.2) is 6.29 Å². The normalized spacial score (nSPS) is 17.0. The fourth-order valence-electron chi connectivity index (χ4n) is 4.10. The van der Waals surface area contributed by atoms with Crippen molar-refractivity contribution >= 4 is 29.6 Å². The van der Waals surface area contributed by atoms with Crippen molar-refractivity contribution in [1.29, 1.82) is 0 Å². The van der Waals surface area contributed by atoms with Crippen molar-refractivity contribution in [1.82, 2.24) is 20.9 Å². The largest absolute Gasteiger partial charge is 0.480 e. The van der Waals surface area contributed by atoms with Crippen LogP contribution in [0.5, 0.6) is 0 Å². The Balaban J connectivity index is 2.10. The highest BCUT2D eigenvalue weighted by Gasteiger charge is 2.39. The van der Waals surface area contributed by atoms with Gasteiger partial charge >= 0.3 is 5.97 Å². The maximum atomic E-state index is 13.4. The number of likely N-dealkylation sites (tertiary alicyclic amines) is 1. The van der Waals surface area contributed by atoms with Crippen LogP contribution in [0.1, 0.15) is 61.3 Å². The van der Waals surface area contributed by atoms with E-state index in [0.717, 1.165) is 0 Å². The van der Waals surface area contributed by atoms with Gasteiger partial charge in [0.1, 0.15) is 18.6 Å². The summed E-state index contributed by atoms with van der Waals surface area (Å²) >= 11 is 0. The van der Waals surface area contributed by atoms with Crippen molar-refractivity contribution in [2.75, 3.05) is 13.1 Å². The van der Waals surface area contributed by atoms with Crippen molar-refractivity contribution in [2.24, 2.45) is 11.8 Å². The molecule has 0 aromatic heterocycles. The molecule has 1 heterocycles. The third kappa shape index (κ3) is 7.99. The Bertz CT molecular complexity index is 985. The summed E-state index contributed by atoms with van der Waals surface area (Å²) in [6.45, 7) is 6.79. The van der Waals surface area contributed by atoms with Gasteiger partial charge in [0.2, 0.25) is 11.8 Å². The molecule has 3 atom stereocenters. The standard InChI is InChI=1S/C25H36N4O8/c1-13(2)19(27-22(33)16-9-7-15(8-10-16)21(32)26-12-18(30)31)24(35)29-11-5-6-17(29)23(34)28-20(14(3)4)25(36)37/h7-10,13-14,17,19-20,25,36-37H,5-6,11-12H2,1-4H3,(H,26,32)(H,27,33)(H,28,34)(H,30,31)/t17-,19-,20?/m0/s1. The zero-order valence-electron chi connectivity index (χ0n) is 21.4. The highest BCUT2D eigenvalue weighted by atomic mass is 16.5. The lowest BCUT2D eigenvalue weighted by Gasteiger charge is -2.32. The molecule has 1 unspecified atom stereocenters. The minimum atomic E-state index is -1.74. The molecule has 1 aromatic carbocycles. The first kappa shape index (κ1) is 29.7. The van der Waals surface area contributed by atoms with E-state index in [9.17, 15) is 34.2 Å². The molecule has 6 N–H and O–H groups in total. The Kier molecular flexibility index (Phi) is 10.6. The molecule has 1 aromatic rings. The zero-order chi connectivity index (χ0) is 27.9. The van der Waals surface area contributed by atoms with E-state index in [1.165, 1.54) is 29.2 Å². The van der Waals surface area contributed by atoms with E-state index in [2.05, 4.69) is 16.0 Å². The topological polar surface area (TPSA) is 185 Å². The van der Waals surface area contributed by atoms with Gasteiger partial charge in [-0.3, -0.25) is 24.0 Å². The number of nitrogens with zero attached hydrogens (tertiary/aromatic N) is 1. The summed E-state index contributed by atoms with van der Waals surface area (Å²) < 4.78 is 0. The van der Waals surface area contributed by atoms with Gasteiger partial charge in [0.05, 0.1) is 6.04 Å². The van der Waals surface area contributed by atoms with E-state index in [0.29, 0.717) is 19.4 Å². The Morgan fingerprint density at radius 2 is 1.49 bits per heavy atom. The second-order valence-electron chi connectivity index (χ2n) is 9.73. The molecule has 37 heavy (non-hydrogen) atoms. The third-order valence-electron chi connectivity index (χ3n) is 6.22. The van der Waals surface area contributed by atoms with Crippen LogP contribution in [0.25, 0.3) is 0 Å². The number of benzene rings is 1. The molecule has 2 rings (SSSR count). The van der Waals surface area contributed by atoms with Crippen molar-refractivity contribution in [2.45, 2.75) is 65.0 Å².